The molecule has 1 amide bonds. The molecule has 0 radical (unpaired) electrons. The fraction of sp³-hybridized carbons (Fsp3) is 0.941. The Hall–Kier alpha value is -0.570. The predicted octanol–water partition coefficient (Wildman–Crippen LogP) is 3.57. The van der Waals surface area contributed by atoms with E-state index in [0.29, 0.717) is 18.5 Å². The quantitative estimate of drug-likeness (QED) is 0.776. The van der Waals surface area contributed by atoms with Crippen molar-refractivity contribution >= 4 is 5.91 Å². The number of nitrogens with zero attached hydrogens (tertiary/aromatic N) is 1. The molecule has 1 saturated carbocycles. The lowest BCUT2D eigenvalue weighted by molar-refractivity contribution is -0.144. The van der Waals surface area contributed by atoms with E-state index < -0.39 is 0 Å². The van der Waals surface area contributed by atoms with Crippen molar-refractivity contribution in [3.63, 3.8) is 0 Å². The van der Waals surface area contributed by atoms with Gasteiger partial charge in [-0.05, 0) is 31.6 Å². The van der Waals surface area contributed by atoms with Gasteiger partial charge in [-0.2, -0.15) is 0 Å². The second-order valence-electron chi connectivity index (χ2n) is 6.83. The van der Waals surface area contributed by atoms with Crippen LogP contribution in [0, 0.1) is 11.3 Å². The summed E-state index contributed by atoms with van der Waals surface area (Å²) >= 11 is 0. The number of hydrogen-bond acceptors (Lipinski definition) is 2. The van der Waals surface area contributed by atoms with E-state index in [-0.39, 0.29) is 5.41 Å². The first-order valence-electron chi connectivity index (χ1n) is 8.48. The maximum atomic E-state index is 13.0. The van der Waals surface area contributed by atoms with E-state index in [2.05, 4.69) is 20.8 Å². The Kier molecular flexibility index (Phi) is 7.01. The molecule has 2 atom stereocenters. The Labute approximate surface area is 125 Å². The zero-order chi connectivity index (χ0) is 15.2. The summed E-state index contributed by atoms with van der Waals surface area (Å²) in [6.45, 7) is 7.09. The lowest BCUT2D eigenvalue weighted by Gasteiger charge is -2.40. The number of amides is 1. The third-order valence-electron chi connectivity index (χ3n) is 5.08. The SMILES string of the molecule is CCCC(CN)(CCC)C(=O)N(C)C1CCCC(C)C1. The van der Waals surface area contributed by atoms with Crippen LogP contribution in [0.4, 0.5) is 0 Å². The molecule has 3 heteroatoms. The molecule has 0 aromatic carbocycles. The summed E-state index contributed by atoms with van der Waals surface area (Å²) in [7, 11) is 2.00. The Morgan fingerprint density at radius 1 is 1.25 bits per heavy atom. The van der Waals surface area contributed by atoms with Gasteiger partial charge in [0, 0.05) is 19.6 Å². The molecule has 0 spiro atoms. The molecule has 118 valence electrons. The Morgan fingerprint density at radius 3 is 2.30 bits per heavy atom. The molecule has 20 heavy (non-hydrogen) atoms. The van der Waals surface area contributed by atoms with Crippen molar-refractivity contribution in [1.82, 2.24) is 4.90 Å². The molecule has 0 saturated heterocycles. The van der Waals surface area contributed by atoms with Gasteiger partial charge in [0.05, 0.1) is 5.41 Å². The molecule has 0 bridgehead atoms. The van der Waals surface area contributed by atoms with E-state index in [1.165, 1.54) is 12.8 Å². The van der Waals surface area contributed by atoms with Gasteiger partial charge in [0.1, 0.15) is 0 Å². The molecule has 0 aromatic rings. The minimum atomic E-state index is -0.321. The molecule has 0 heterocycles. The van der Waals surface area contributed by atoms with Gasteiger partial charge in [0.15, 0.2) is 0 Å². The highest BCUT2D eigenvalue weighted by atomic mass is 16.2. The molecule has 2 N–H and O–H groups in total. The van der Waals surface area contributed by atoms with Crippen LogP contribution in [0.5, 0.6) is 0 Å². The van der Waals surface area contributed by atoms with Crippen molar-refractivity contribution in [1.29, 1.82) is 0 Å². The fourth-order valence-corrected chi connectivity index (χ4v) is 3.88. The molecule has 0 aliphatic heterocycles. The van der Waals surface area contributed by atoms with Crippen LogP contribution in [0.15, 0.2) is 0 Å². The normalized spacial score (nSPS) is 23.6. The van der Waals surface area contributed by atoms with Gasteiger partial charge in [0.2, 0.25) is 5.91 Å². The number of rotatable bonds is 7. The topological polar surface area (TPSA) is 46.3 Å². The minimum absolute atomic E-state index is 0.294. The zero-order valence-electron chi connectivity index (χ0n) is 14.0. The van der Waals surface area contributed by atoms with Gasteiger partial charge >= 0.3 is 0 Å². The average Bonchev–Trinajstić information content (AvgIpc) is 2.45. The molecule has 1 fully saturated rings. The van der Waals surface area contributed by atoms with Crippen LogP contribution in [-0.4, -0.2) is 30.4 Å². The van der Waals surface area contributed by atoms with E-state index in [9.17, 15) is 4.79 Å². The predicted molar refractivity (Wildman–Crippen MR) is 85.5 cm³/mol. The van der Waals surface area contributed by atoms with Crippen LogP contribution in [0.2, 0.25) is 0 Å². The number of carbonyl (C=O) groups is 1. The number of carbonyl (C=O) groups excluding carboxylic acids is 1. The number of hydrogen-bond donors (Lipinski definition) is 1. The molecular formula is C17H34N2O. The minimum Gasteiger partial charge on any atom is -0.342 e. The van der Waals surface area contributed by atoms with E-state index in [0.717, 1.165) is 44.4 Å². The maximum Gasteiger partial charge on any atom is 0.230 e. The Bertz CT molecular complexity index is 297. The maximum absolute atomic E-state index is 13.0. The van der Waals surface area contributed by atoms with Crippen molar-refractivity contribution in [2.75, 3.05) is 13.6 Å². The summed E-state index contributed by atoms with van der Waals surface area (Å²) in [5.41, 5.74) is 5.71. The Balaban J connectivity index is 2.81. The fourth-order valence-electron chi connectivity index (χ4n) is 3.88. The van der Waals surface area contributed by atoms with Gasteiger partial charge in [-0.25, -0.2) is 0 Å². The van der Waals surface area contributed by atoms with Crippen molar-refractivity contribution in [2.45, 2.75) is 78.2 Å². The molecule has 0 aromatic heterocycles. The van der Waals surface area contributed by atoms with Crippen LogP contribution in [-0.2, 0) is 4.79 Å². The van der Waals surface area contributed by atoms with Gasteiger partial charge in [0.25, 0.3) is 0 Å². The molecular weight excluding hydrogens is 248 g/mol. The van der Waals surface area contributed by atoms with Crippen LogP contribution >= 0.6 is 0 Å². The van der Waals surface area contributed by atoms with Crippen LogP contribution in [0.1, 0.15) is 72.1 Å². The third-order valence-corrected chi connectivity index (χ3v) is 5.08. The molecule has 2 unspecified atom stereocenters. The summed E-state index contributed by atoms with van der Waals surface area (Å²) in [5.74, 6) is 1.04. The lowest BCUT2D eigenvalue weighted by Crippen LogP contribution is -2.51. The van der Waals surface area contributed by atoms with E-state index >= 15 is 0 Å². The van der Waals surface area contributed by atoms with E-state index in [1.54, 1.807) is 0 Å². The van der Waals surface area contributed by atoms with Crippen molar-refractivity contribution < 1.29 is 4.79 Å². The molecule has 3 nitrogen and oxygen atoms in total. The first kappa shape index (κ1) is 17.5. The second-order valence-corrected chi connectivity index (χ2v) is 6.83. The smallest absolute Gasteiger partial charge is 0.230 e. The number of nitrogens with two attached hydrogens (primary N) is 1. The largest absolute Gasteiger partial charge is 0.342 e. The van der Waals surface area contributed by atoms with Gasteiger partial charge in [-0.15, -0.1) is 0 Å². The summed E-state index contributed by atoms with van der Waals surface area (Å²) < 4.78 is 0. The van der Waals surface area contributed by atoms with Crippen molar-refractivity contribution in [3.8, 4) is 0 Å². The molecule has 1 aliphatic rings. The van der Waals surface area contributed by atoms with Gasteiger partial charge in [-0.3, -0.25) is 4.79 Å². The first-order chi connectivity index (χ1) is 9.50. The summed E-state index contributed by atoms with van der Waals surface area (Å²) in [6.07, 6.45) is 8.76. The van der Waals surface area contributed by atoms with E-state index in [1.807, 2.05) is 11.9 Å². The average molecular weight is 282 g/mol. The zero-order valence-corrected chi connectivity index (χ0v) is 14.0. The molecule has 1 rings (SSSR count). The first-order valence-corrected chi connectivity index (χ1v) is 8.48. The van der Waals surface area contributed by atoms with Gasteiger partial charge in [-0.1, -0.05) is 46.5 Å². The van der Waals surface area contributed by atoms with Crippen LogP contribution in [0.25, 0.3) is 0 Å². The van der Waals surface area contributed by atoms with Crippen LogP contribution in [0.3, 0.4) is 0 Å². The highest BCUT2D eigenvalue weighted by Gasteiger charge is 2.39. The van der Waals surface area contributed by atoms with Crippen molar-refractivity contribution in [3.05, 3.63) is 0 Å². The van der Waals surface area contributed by atoms with Crippen molar-refractivity contribution in [2.24, 2.45) is 17.1 Å². The highest BCUT2D eigenvalue weighted by Crippen LogP contribution is 2.34. The monoisotopic (exact) mass is 282 g/mol. The Morgan fingerprint density at radius 2 is 1.85 bits per heavy atom. The summed E-state index contributed by atoms with van der Waals surface area (Å²) in [4.78, 5) is 15.1. The standard InChI is InChI=1S/C17H34N2O/c1-5-10-17(13-18,11-6-2)16(20)19(4)15-9-7-8-14(3)12-15/h14-15H,5-13,18H2,1-4H3. The lowest BCUT2D eigenvalue weighted by atomic mass is 9.77. The van der Waals surface area contributed by atoms with E-state index in [4.69, 9.17) is 5.73 Å². The third kappa shape index (κ3) is 3.97. The molecule has 1 aliphatic carbocycles. The highest BCUT2D eigenvalue weighted by molar-refractivity contribution is 5.83. The second kappa shape index (κ2) is 8.02. The summed E-state index contributed by atoms with van der Waals surface area (Å²) in [5, 5.41) is 0. The van der Waals surface area contributed by atoms with Crippen LogP contribution < -0.4 is 5.73 Å². The summed E-state index contributed by atoms with van der Waals surface area (Å²) in [6, 6.07) is 0.422. The van der Waals surface area contributed by atoms with Gasteiger partial charge < -0.3 is 10.6 Å².